The Labute approximate surface area is 299 Å². The molecular formula is C41H63N2O7+. The van der Waals surface area contributed by atoms with Crippen LogP contribution in [0.15, 0.2) is 12.2 Å². The van der Waals surface area contributed by atoms with Gasteiger partial charge in [0, 0.05) is 6.42 Å². The van der Waals surface area contributed by atoms with E-state index < -0.39 is 16.8 Å². The van der Waals surface area contributed by atoms with Gasteiger partial charge in [-0.1, -0.05) is 51.6 Å². The summed E-state index contributed by atoms with van der Waals surface area (Å²) in [6.45, 7) is 20.9. The number of rotatable bonds is 12. The average Bonchev–Trinajstić information content (AvgIpc) is 3.40. The maximum atomic E-state index is 13.3. The molecule has 1 aliphatic heterocycles. The second-order valence-corrected chi connectivity index (χ2v) is 19.1. The van der Waals surface area contributed by atoms with Gasteiger partial charge in [-0.25, -0.2) is 0 Å². The molecule has 5 aliphatic carbocycles. The number of allylic oxidation sites excluding steroid dienone is 1. The van der Waals surface area contributed by atoms with Gasteiger partial charge < -0.3 is 19.4 Å². The number of aliphatic carboxylic acids is 1. The van der Waals surface area contributed by atoms with E-state index >= 15 is 0 Å². The zero-order valence-corrected chi connectivity index (χ0v) is 32.0. The first-order chi connectivity index (χ1) is 23.3. The predicted octanol–water partition coefficient (Wildman–Crippen LogP) is 7.98. The maximum absolute atomic E-state index is 13.3. The number of hydroxylamine groups is 1. The predicted molar refractivity (Wildman–Crippen MR) is 191 cm³/mol. The van der Waals surface area contributed by atoms with Crippen LogP contribution in [0.25, 0.3) is 4.85 Å². The van der Waals surface area contributed by atoms with Gasteiger partial charge in [0.15, 0.2) is 0 Å². The second-order valence-electron chi connectivity index (χ2n) is 19.1. The quantitative estimate of drug-likeness (QED) is 0.120. The van der Waals surface area contributed by atoms with E-state index in [2.05, 4.69) is 52.7 Å². The fourth-order valence-electron chi connectivity index (χ4n) is 13.7. The summed E-state index contributed by atoms with van der Waals surface area (Å²) in [5, 5.41) is 9.34. The Bertz CT molecular complexity index is 1480. The number of carboxylic acids is 1. The van der Waals surface area contributed by atoms with E-state index in [-0.39, 0.29) is 64.6 Å². The van der Waals surface area contributed by atoms with Gasteiger partial charge in [-0.3, -0.25) is 14.4 Å². The van der Waals surface area contributed by atoms with Crippen molar-refractivity contribution in [3.8, 4) is 6.07 Å². The first kappa shape index (κ1) is 37.3. The SMILES string of the molecule is C=C(C)[C@@H]1CC[C@]2(CCOC(=O)CNOC)CC[C@]3(C)[C@H](CC[C@@H]4[C@@]5(C)CC[C@H](OC(=O)CC(C)(C)CC(=O)O)[C@@]6(C)C#[N+][C@]65CC[C@]43C)[C@@H]12. The number of carbonyl (C=O) groups is 3. The molecule has 9 heteroatoms. The first-order valence-corrected chi connectivity index (χ1v) is 19.3. The smallest absolute Gasteiger partial charge is 0.322 e. The topological polar surface area (TPSA) is 116 Å². The molecule has 1 spiro atoms. The number of nitrogens with zero attached hydrogens (tertiary/aromatic N) is 1. The minimum atomic E-state index is -0.904. The molecule has 0 aromatic rings. The molecular weight excluding hydrogens is 632 g/mol. The van der Waals surface area contributed by atoms with Crippen molar-refractivity contribution in [2.45, 2.75) is 144 Å². The summed E-state index contributed by atoms with van der Waals surface area (Å²) in [7, 11) is 1.50. The highest BCUT2D eigenvalue weighted by atomic mass is 16.6. The van der Waals surface area contributed by atoms with Gasteiger partial charge >= 0.3 is 23.4 Å². The fraction of sp³-hybridized carbons (Fsp3) is 0.854. The highest BCUT2D eigenvalue weighted by Gasteiger charge is 2.85. The molecule has 0 unspecified atom stereocenters. The highest BCUT2D eigenvalue weighted by Crippen LogP contribution is 2.80. The number of hydrogen-bond donors (Lipinski definition) is 2. The summed E-state index contributed by atoms with van der Waals surface area (Å²) in [5.41, 5.74) is 2.88. The van der Waals surface area contributed by atoms with Crippen molar-refractivity contribution in [3.63, 3.8) is 0 Å². The van der Waals surface area contributed by atoms with E-state index in [1.54, 1.807) is 0 Å². The molecule has 2 N–H and O–H groups in total. The minimum Gasteiger partial charge on any atom is -0.481 e. The number of nitrogens with one attached hydrogen (secondary N) is 1. The summed E-state index contributed by atoms with van der Waals surface area (Å²) in [5.74, 6) is 0.611. The molecule has 50 heavy (non-hydrogen) atoms. The van der Waals surface area contributed by atoms with Crippen LogP contribution < -0.4 is 5.48 Å². The van der Waals surface area contributed by atoms with E-state index in [9.17, 15) is 19.5 Å². The van der Waals surface area contributed by atoms with Gasteiger partial charge in [-0.15, -0.1) is 0 Å². The van der Waals surface area contributed by atoms with Crippen LogP contribution in [0, 0.1) is 62.2 Å². The molecule has 11 atom stereocenters. The summed E-state index contributed by atoms with van der Waals surface area (Å²) in [6, 6.07) is 3.45. The van der Waals surface area contributed by atoms with Gasteiger partial charge in [0.1, 0.15) is 12.6 Å². The van der Waals surface area contributed by atoms with Crippen LogP contribution in [0.2, 0.25) is 0 Å². The third-order valence-electron chi connectivity index (χ3n) is 16.3. The highest BCUT2D eigenvalue weighted by molar-refractivity contribution is 5.73. The number of carboxylic acid groups (broad SMARTS) is 1. The summed E-state index contributed by atoms with van der Waals surface area (Å²) >= 11 is 0. The van der Waals surface area contributed by atoms with Gasteiger partial charge in [0.2, 0.25) is 5.41 Å². The van der Waals surface area contributed by atoms with Crippen molar-refractivity contribution in [1.82, 2.24) is 5.48 Å². The molecule has 6 rings (SSSR count). The summed E-state index contributed by atoms with van der Waals surface area (Å²) in [4.78, 5) is 47.0. The van der Waals surface area contributed by atoms with Crippen molar-refractivity contribution in [2.75, 3.05) is 20.3 Å². The number of fused-ring (bicyclic) bond motifs is 6. The summed E-state index contributed by atoms with van der Waals surface area (Å²) in [6.07, 6.45) is 11.4. The lowest BCUT2D eigenvalue weighted by atomic mass is 9.30. The monoisotopic (exact) mass is 695 g/mol. The third kappa shape index (κ3) is 5.39. The molecule has 0 saturated heterocycles. The third-order valence-corrected chi connectivity index (χ3v) is 16.3. The van der Waals surface area contributed by atoms with Gasteiger partial charge in [-0.2, -0.15) is 5.48 Å². The van der Waals surface area contributed by atoms with Crippen molar-refractivity contribution < 1.29 is 33.8 Å². The molecule has 1 heterocycles. The summed E-state index contributed by atoms with van der Waals surface area (Å²) < 4.78 is 12.0. The zero-order chi connectivity index (χ0) is 36.5. The molecule has 5 saturated carbocycles. The van der Waals surface area contributed by atoms with Crippen LogP contribution in [0.3, 0.4) is 0 Å². The first-order valence-electron chi connectivity index (χ1n) is 19.3. The van der Waals surface area contributed by atoms with Crippen molar-refractivity contribution in [1.29, 1.82) is 0 Å². The van der Waals surface area contributed by atoms with Crippen LogP contribution in [-0.4, -0.2) is 54.9 Å². The van der Waals surface area contributed by atoms with Crippen molar-refractivity contribution in [3.05, 3.63) is 17.0 Å². The Morgan fingerprint density at radius 2 is 1.64 bits per heavy atom. The lowest BCUT2D eigenvalue weighted by molar-refractivity contribution is -0.249. The molecule has 0 bridgehead atoms. The number of esters is 2. The van der Waals surface area contributed by atoms with Gasteiger partial charge in [0.05, 0.1) is 32.0 Å². The van der Waals surface area contributed by atoms with Crippen molar-refractivity contribution in [2.24, 2.45) is 56.2 Å². The van der Waals surface area contributed by atoms with E-state index in [0.717, 1.165) is 38.5 Å². The van der Waals surface area contributed by atoms with Crippen LogP contribution >= 0.6 is 0 Å². The number of carbonyl (C=O) groups excluding carboxylic acids is 2. The Kier molecular flexibility index (Phi) is 9.41. The van der Waals surface area contributed by atoms with Crippen LogP contribution in [0.5, 0.6) is 0 Å². The van der Waals surface area contributed by atoms with E-state index in [1.807, 2.05) is 13.8 Å². The average molecular weight is 696 g/mol. The molecule has 5 fully saturated rings. The molecule has 6 aliphatic rings. The molecule has 0 aromatic heterocycles. The normalized spacial score (nSPS) is 44.0. The molecule has 9 nitrogen and oxygen atoms in total. The Balaban J connectivity index is 1.23. The maximum Gasteiger partial charge on any atom is 0.322 e. The largest absolute Gasteiger partial charge is 0.481 e. The van der Waals surface area contributed by atoms with Crippen molar-refractivity contribution >= 4 is 17.9 Å². The molecule has 0 radical (unpaired) electrons. The second kappa shape index (κ2) is 12.6. The molecule has 0 amide bonds. The van der Waals surface area contributed by atoms with E-state index in [4.69, 9.17) is 19.2 Å². The lowest BCUT2D eigenvalue weighted by Gasteiger charge is -2.72. The van der Waals surface area contributed by atoms with Gasteiger partial charge in [0.25, 0.3) is 6.07 Å². The lowest BCUT2D eigenvalue weighted by Crippen LogP contribution is -2.75. The van der Waals surface area contributed by atoms with E-state index in [0.29, 0.717) is 30.3 Å². The molecule has 278 valence electrons. The van der Waals surface area contributed by atoms with Gasteiger partial charge in [-0.05, 0) is 123 Å². The van der Waals surface area contributed by atoms with Crippen LogP contribution in [0.4, 0.5) is 0 Å². The van der Waals surface area contributed by atoms with E-state index in [1.165, 1.54) is 44.8 Å². The number of ether oxygens (including phenoxy) is 2. The minimum absolute atomic E-state index is 0.0398. The Hall–Kier alpha value is -2.44. The Morgan fingerprint density at radius 1 is 0.920 bits per heavy atom. The van der Waals surface area contributed by atoms with Crippen LogP contribution in [-0.2, 0) is 28.7 Å². The zero-order valence-electron chi connectivity index (χ0n) is 32.0. The molecule has 0 aromatic carbocycles. The van der Waals surface area contributed by atoms with Crippen LogP contribution in [0.1, 0.15) is 132 Å². The number of hydrogen-bond acceptors (Lipinski definition) is 7. The standard InChI is InChI=1S/C41H62N2O7/c1-26(2)27-12-15-40(20-21-49-33(47)24-43-48-9)18-16-36(5)28(34(27)40)10-11-29-37(36,6)17-19-41-38(29,7)14-13-30(39(41,8)25-42-41)50-32(46)23-35(3,4)22-31(44)45/h27-30,34,43H,1,10-24H2,2-9H3/p+1/t27-,28+,29-,30-,34+,36+,37+,38+,39+,40+,41-/m0/s1. The Morgan fingerprint density at radius 3 is 2.28 bits per heavy atom. The fourth-order valence-corrected chi connectivity index (χ4v) is 13.7.